The Morgan fingerprint density at radius 2 is 2.24 bits per heavy atom. The fourth-order valence-corrected chi connectivity index (χ4v) is 2.13. The summed E-state index contributed by atoms with van der Waals surface area (Å²) >= 11 is 0. The summed E-state index contributed by atoms with van der Waals surface area (Å²) in [6, 6.07) is 3.65. The molecule has 2 aromatic rings. The van der Waals surface area contributed by atoms with Crippen molar-refractivity contribution in [2.45, 2.75) is 20.3 Å². The highest BCUT2D eigenvalue weighted by molar-refractivity contribution is 5.92. The minimum absolute atomic E-state index is 0.0524. The van der Waals surface area contributed by atoms with Crippen LogP contribution in [-0.4, -0.2) is 27.0 Å². The van der Waals surface area contributed by atoms with Gasteiger partial charge in [0.1, 0.15) is 12.1 Å². The lowest BCUT2D eigenvalue weighted by atomic mass is 9.96. The van der Waals surface area contributed by atoms with Gasteiger partial charge in [0, 0.05) is 18.9 Å². The molecule has 2 heterocycles. The first kappa shape index (κ1) is 15.2. The molecule has 0 aliphatic heterocycles. The summed E-state index contributed by atoms with van der Waals surface area (Å²) in [5, 5.41) is 2.86. The molecule has 0 spiro atoms. The number of anilines is 1. The van der Waals surface area contributed by atoms with Gasteiger partial charge in [0.2, 0.25) is 5.91 Å². The van der Waals surface area contributed by atoms with Crippen LogP contribution in [0.1, 0.15) is 20.3 Å². The van der Waals surface area contributed by atoms with Crippen molar-refractivity contribution in [3.8, 4) is 5.82 Å². The number of nitrogens with zero attached hydrogens (tertiary/aromatic N) is 3. The summed E-state index contributed by atoms with van der Waals surface area (Å²) in [5.74, 6) is 0.968. The van der Waals surface area contributed by atoms with E-state index in [1.54, 1.807) is 23.3 Å². The van der Waals surface area contributed by atoms with Crippen molar-refractivity contribution in [1.29, 1.82) is 0 Å². The van der Waals surface area contributed by atoms with Crippen LogP contribution in [0.5, 0.6) is 0 Å². The molecule has 112 valence electrons. The Morgan fingerprint density at radius 3 is 2.76 bits per heavy atom. The summed E-state index contributed by atoms with van der Waals surface area (Å²) in [6.45, 7) is 4.51. The first-order chi connectivity index (χ1) is 10.1. The van der Waals surface area contributed by atoms with Gasteiger partial charge in [0.05, 0.1) is 17.8 Å². The lowest BCUT2D eigenvalue weighted by molar-refractivity contribution is -0.120. The van der Waals surface area contributed by atoms with Gasteiger partial charge in [-0.2, -0.15) is 0 Å². The highest BCUT2D eigenvalue weighted by Crippen LogP contribution is 2.15. The zero-order valence-corrected chi connectivity index (χ0v) is 12.4. The van der Waals surface area contributed by atoms with Gasteiger partial charge in [0.25, 0.3) is 0 Å². The molecule has 0 fully saturated rings. The monoisotopic (exact) mass is 287 g/mol. The zero-order valence-electron chi connectivity index (χ0n) is 12.4. The topological polar surface area (TPSA) is 85.8 Å². The van der Waals surface area contributed by atoms with Crippen LogP contribution >= 0.6 is 0 Å². The molecule has 1 unspecified atom stereocenters. The van der Waals surface area contributed by atoms with E-state index in [0.717, 1.165) is 12.2 Å². The van der Waals surface area contributed by atoms with Gasteiger partial charge >= 0.3 is 0 Å². The molecular weight excluding hydrogens is 266 g/mol. The van der Waals surface area contributed by atoms with Crippen LogP contribution < -0.4 is 11.1 Å². The van der Waals surface area contributed by atoms with E-state index >= 15 is 0 Å². The summed E-state index contributed by atoms with van der Waals surface area (Å²) in [4.78, 5) is 20.4. The van der Waals surface area contributed by atoms with Gasteiger partial charge in [0.15, 0.2) is 0 Å². The largest absolute Gasteiger partial charge is 0.330 e. The Kier molecular flexibility index (Phi) is 5.05. The SMILES string of the molecule is CC(C)CC(CN)C(=O)Nc1ccc(-n2ccnc2)nc1. The third kappa shape index (κ3) is 4.13. The van der Waals surface area contributed by atoms with Gasteiger partial charge in [-0.05, 0) is 24.5 Å². The third-order valence-electron chi connectivity index (χ3n) is 3.20. The van der Waals surface area contributed by atoms with E-state index in [4.69, 9.17) is 5.73 Å². The van der Waals surface area contributed by atoms with Crippen LogP contribution in [0.25, 0.3) is 5.82 Å². The van der Waals surface area contributed by atoms with Crippen LogP contribution in [0.2, 0.25) is 0 Å². The lowest BCUT2D eigenvalue weighted by Crippen LogP contribution is -2.30. The number of nitrogens with two attached hydrogens (primary N) is 1. The van der Waals surface area contributed by atoms with Gasteiger partial charge < -0.3 is 11.1 Å². The van der Waals surface area contributed by atoms with E-state index in [2.05, 4.69) is 29.1 Å². The normalized spacial score (nSPS) is 12.4. The van der Waals surface area contributed by atoms with Crippen molar-refractivity contribution >= 4 is 11.6 Å². The van der Waals surface area contributed by atoms with Crippen LogP contribution in [0.4, 0.5) is 5.69 Å². The molecule has 0 aliphatic rings. The zero-order chi connectivity index (χ0) is 15.2. The van der Waals surface area contributed by atoms with Gasteiger partial charge in [-0.1, -0.05) is 13.8 Å². The molecule has 1 amide bonds. The maximum Gasteiger partial charge on any atom is 0.228 e. The van der Waals surface area contributed by atoms with Crippen molar-refractivity contribution in [3.05, 3.63) is 37.1 Å². The number of rotatable bonds is 6. The van der Waals surface area contributed by atoms with Crippen molar-refractivity contribution in [3.63, 3.8) is 0 Å². The number of hydrogen-bond acceptors (Lipinski definition) is 4. The van der Waals surface area contributed by atoms with E-state index in [1.165, 1.54) is 0 Å². The molecule has 6 nitrogen and oxygen atoms in total. The molecule has 2 aromatic heterocycles. The molecule has 0 saturated heterocycles. The third-order valence-corrected chi connectivity index (χ3v) is 3.20. The van der Waals surface area contributed by atoms with E-state index in [1.807, 2.05) is 18.3 Å². The average molecular weight is 287 g/mol. The number of imidazole rings is 1. The van der Waals surface area contributed by atoms with Crippen LogP contribution in [0.15, 0.2) is 37.1 Å². The van der Waals surface area contributed by atoms with E-state index in [0.29, 0.717) is 18.2 Å². The fourth-order valence-electron chi connectivity index (χ4n) is 2.13. The van der Waals surface area contributed by atoms with E-state index < -0.39 is 0 Å². The molecule has 21 heavy (non-hydrogen) atoms. The Hall–Kier alpha value is -2.21. The van der Waals surface area contributed by atoms with Crippen LogP contribution in [0.3, 0.4) is 0 Å². The van der Waals surface area contributed by atoms with Crippen molar-refractivity contribution in [1.82, 2.24) is 14.5 Å². The number of carbonyl (C=O) groups is 1. The molecular formula is C15H21N5O. The molecule has 6 heteroatoms. The molecule has 1 atom stereocenters. The fraction of sp³-hybridized carbons (Fsp3) is 0.400. The molecule has 0 saturated carbocycles. The minimum atomic E-state index is -0.168. The number of nitrogens with one attached hydrogen (secondary N) is 1. The number of hydrogen-bond donors (Lipinski definition) is 2. The second-order valence-corrected chi connectivity index (χ2v) is 5.43. The van der Waals surface area contributed by atoms with Crippen molar-refractivity contribution in [2.75, 3.05) is 11.9 Å². The highest BCUT2D eigenvalue weighted by atomic mass is 16.1. The molecule has 0 aliphatic carbocycles. The summed E-state index contributed by atoms with van der Waals surface area (Å²) < 4.78 is 1.80. The predicted octanol–water partition coefficient (Wildman–Crippen LogP) is 1.83. The van der Waals surface area contributed by atoms with Crippen molar-refractivity contribution in [2.24, 2.45) is 17.6 Å². The maximum absolute atomic E-state index is 12.2. The summed E-state index contributed by atoms with van der Waals surface area (Å²) in [7, 11) is 0. The quantitative estimate of drug-likeness (QED) is 0.848. The van der Waals surface area contributed by atoms with Gasteiger partial charge in [-0.3, -0.25) is 9.36 Å². The Bertz CT molecular complexity index is 562. The Labute approximate surface area is 124 Å². The molecule has 0 aromatic carbocycles. The van der Waals surface area contributed by atoms with Gasteiger partial charge in [-0.25, -0.2) is 9.97 Å². The van der Waals surface area contributed by atoms with E-state index in [9.17, 15) is 4.79 Å². The standard InChI is InChI=1S/C15H21N5O/c1-11(2)7-12(8-16)15(21)19-13-3-4-14(18-9-13)20-6-5-17-10-20/h3-6,9-12H,7-8,16H2,1-2H3,(H,19,21). The lowest BCUT2D eigenvalue weighted by Gasteiger charge is -2.16. The van der Waals surface area contributed by atoms with Crippen LogP contribution in [-0.2, 0) is 4.79 Å². The molecule has 0 bridgehead atoms. The first-order valence-electron chi connectivity index (χ1n) is 7.05. The second-order valence-electron chi connectivity index (χ2n) is 5.43. The number of carbonyl (C=O) groups excluding carboxylic acids is 1. The summed E-state index contributed by atoms with van der Waals surface area (Å²) in [5.41, 5.74) is 6.35. The minimum Gasteiger partial charge on any atom is -0.330 e. The van der Waals surface area contributed by atoms with Crippen LogP contribution in [0, 0.1) is 11.8 Å². The number of pyridine rings is 1. The average Bonchev–Trinajstić information content (AvgIpc) is 2.99. The van der Waals surface area contributed by atoms with Gasteiger partial charge in [-0.15, -0.1) is 0 Å². The second kappa shape index (κ2) is 6.99. The first-order valence-corrected chi connectivity index (χ1v) is 7.05. The summed E-state index contributed by atoms with van der Waals surface area (Å²) in [6.07, 6.45) is 7.59. The number of amides is 1. The molecule has 2 rings (SSSR count). The molecule has 3 N–H and O–H groups in total. The Morgan fingerprint density at radius 1 is 1.43 bits per heavy atom. The smallest absolute Gasteiger partial charge is 0.228 e. The maximum atomic E-state index is 12.2. The van der Waals surface area contributed by atoms with E-state index in [-0.39, 0.29) is 11.8 Å². The molecule has 0 radical (unpaired) electrons. The Balaban J connectivity index is 2.01. The number of aromatic nitrogens is 3. The predicted molar refractivity (Wildman–Crippen MR) is 82.0 cm³/mol. The van der Waals surface area contributed by atoms with Crippen molar-refractivity contribution < 1.29 is 4.79 Å². The highest BCUT2D eigenvalue weighted by Gasteiger charge is 2.18.